The van der Waals surface area contributed by atoms with Crippen LogP contribution in [0, 0.1) is 5.92 Å². The van der Waals surface area contributed by atoms with Gasteiger partial charge in [-0.05, 0) is 66.4 Å². The van der Waals surface area contributed by atoms with Gasteiger partial charge in [0.15, 0.2) is 0 Å². The van der Waals surface area contributed by atoms with Crippen LogP contribution in [-0.2, 0) is 24.7 Å². The Labute approximate surface area is 298 Å². The molecule has 12 nitrogen and oxygen atoms in total. The standard InChI is InChI=1S/C39H48N4O8/c1-48-31-17-13-29(14-18-31)39(28-10-6-5-7-11-28,30-15-19-32(49-2)20-16-30)50-26-34-33(44)24-36(51-34)43-25-27(37(46)42-38(43)47)12-21-35(45)41-23-9-4-3-8-22-40/h5-7,10-21,27,33-34,36,44H,3-4,8-9,22-26,40H2,1-2H3,(H,41,45)(H,42,46,47)/b21-12+/t27?,33-,34+,36+/m0/s1. The molecule has 0 spiro atoms. The van der Waals surface area contributed by atoms with E-state index in [1.807, 2.05) is 78.9 Å². The number of nitrogens with one attached hydrogen (secondary N) is 2. The van der Waals surface area contributed by atoms with Crippen molar-refractivity contribution in [3.63, 3.8) is 0 Å². The molecule has 2 aliphatic heterocycles. The Balaban J connectivity index is 1.31. The van der Waals surface area contributed by atoms with Crippen molar-refractivity contribution in [3.8, 4) is 11.5 Å². The zero-order valence-electron chi connectivity index (χ0n) is 29.2. The fourth-order valence-electron chi connectivity index (χ4n) is 6.48. The second kappa shape index (κ2) is 18.0. The molecule has 51 heavy (non-hydrogen) atoms. The molecule has 0 bridgehead atoms. The maximum atomic E-state index is 13.0. The number of imide groups is 1. The number of aliphatic hydroxyl groups is 1. The summed E-state index contributed by atoms with van der Waals surface area (Å²) in [6, 6.07) is 24.4. The van der Waals surface area contributed by atoms with Gasteiger partial charge in [0.05, 0.1) is 32.8 Å². The van der Waals surface area contributed by atoms with E-state index in [-0.39, 0.29) is 25.5 Å². The van der Waals surface area contributed by atoms with E-state index in [0.717, 1.165) is 42.4 Å². The summed E-state index contributed by atoms with van der Waals surface area (Å²) in [5, 5.41) is 16.4. The van der Waals surface area contributed by atoms with Crippen molar-refractivity contribution in [3.05, 3.63) is 108 Å². The van der Waals surface area contributed by atoms with Gasteiger partial charge < -0.3 is 35.1 Å². The van der Waals surface area contributed by atoms with Gasteiger partial charge in [-0.3, -0.25) is 19.8 Å². The molecule has 4 amide bonds. The molecule has 3 aromatic carbocycles. The molecule has 272 valence electrons. The van der Waals surface area contributed by atoms with Crippen LogP contribution in [0.2, 0.25) is 0 Å². The van der Waals surface area contributed by atoms with Crippen molar-refractivity contribution in [2.75, 3.05) is 40.5 Å². The molecular weight excluding hydrogens is 652 g/mol. The summed E-state index contributed by atoms with van der Waals surface area (Å²) in [6.07, 6.45) is 4.10. The third-order valence-corrected chi connectivity index (χ3v) is 9.32. The van der Waals surface area contributed by atoms with Gasteiger partial charge in [0, 0.05) is 19.5 Å². The number of urea groups is 1. The van der Waals surface area contributed by atoms with E-state index in [1.165, 1.54) is 17.1 Å². The van der Waals surface area contributed by atoms with Crippen LogP contribution in [0.25, 0.3) is 0 Å². The van der Waals surface area contributed by atoms with Gasteiger partial charge in [-0.1, -0.05) is 73.5 Å². The first kappa shape index (κ1) is 37.5. The van der Waals surface area contributed by atoms with E-state index in [9.17, 15) is 19.5 Å². The molecule has 4 atom stereocenters. The van der Waals surface area contributed by atoms with Crippen LogP contribution in [0.1, 0.15) is 48.8 Å². The number of carbonyl (C=O) groups is 3. The van der Waals surface area contributed by atoms with Crippen LogP contribution in [0.3, 0.4) is 0 Å². The summed E-state index contributed by atoms with van der Waals surface area (Å²) in [5.41, 5.74) is 6.89. The van der Waals surface area contributed by atoms with E-state index < -0.39 is 41.9 Å². The Morgan fingerprint density at radius 3 is 2.16 bits per heavy atom. The van der Waals surface area contributed by atoms with Crippen molar-refractivity contribution >= 4 is 17.8 Å². The van der Waals surface area contributed by atoms with E-state index in [2.05, 4.69) is 10.6 Å². The van der Waals surface area contributed by atoms with E-state index in [4.69, 9.17) is 24.7 Å². The van der Waals surface area contributed by atoms with Crippen LogP contribution in [0.5, 0.6) is 11.5 Å². The summed E-state index contributed by atoms with van der Waals surface area (Å²) in [7, 11) is 3.22. The van der Waals surface area contributed by atoms with Crippen molar-refractivity contribution in [2.24, 2.45) is 11.7 Å². The number of benzene rings is 3. The average Bonchev–Trinajstić information content (AvgIpc) is 3.53. The van der Waals surface area contributed by atoms with E-state index >= 15 is 0 Å². The number of rotatable bonds is 17. The Bertz CT molecular complexity index is 1570. The number of ether oxygens (including phenoxy) is 4. The highest BCUT2D eigenvalue weighted by molar-refractivity contribution is 5.99. The highest BCUT2D eigenvalue weighted by atomic mass is 16.6. The minimum absolute atomic E-state index is 0.00977. The number of hydrogen-bond donors (Lipinski definition) is 4. The number of nitrogens with two attached hydrogens (primary N) is 1. The number of nitrogens with zero attached hydrogens (tertiary/aromatic N) is 1. The summed E-state index contributed by atoms with van der Waals surface area (Å²) in [4.78, 5) is 39.4. The molecule has 5 rings (SSSR count). The zero-order valence-corrected chi connectivity index (χ0v) is 29.2. The largest absolute Gasteiger partial charge is 0.497 e. The molecule has 2 fully saturated rings. The third kappa shape index (κ3) is 9.14. The quantitative estimate of drug-likeness (QED) is 0.0932. The molecular formula is C39H48N4O8. The lowest BCUT2D eigenvalue weighted by molar-refractivity contribution is -0.129. The van der Waals surface area contributed by atoms with Crippen molar-refractivity contribution in [1.82, 2.24) is 15.5 Å². The smallest absolute Gasteiger partial charge is 0.326 e. The van der Waals surface area contributed by atoms with Gasteiger partial charge in [0.2, 0.25) is 11.8 Å². The minimum Gasteiger partial charge on any atom is -0.497 e. The highest BCUT2D eigenvalue weighted by Crippen LogP contribution is 2.42. The lowest BCUT2D eigenvalue weighted by Gasteiger charge is -2.37. The van der Waals surface area contributed by atoms with Gasteiger partial charge in [-0.15, -0.1) is 0 Å². The molecule has 5 N–H and O–H groups in total. The normalized spacial score (nSPS) is 20.7. The first-order valence-electron chi connectivity index (χ1n) is 17.4. The number of hydrogen-bond acceptors (Lipinski definition) is 9. The second-order valence-electron chi connectivity index (χ2n) is 12.7. The van der Waals surface area contributed by atoms with Gasteiger partial charge in [-0.25, -0.2) is 4.79 Å². The fourth-order valence-corrected chi connectivity index (χ4v) is 6.48. The Morgan fingerprint density at radius 1 is 0.941 bits per heavy atom. The Morgan fingerprint density at radius 2 is 1.55 bits per heavy atom. The summed E-state index contributed by atoms with van der Waals surface area (Å²) >= 11 is 0. The maximum absolute atomic E-state index is 13.0. The summed E-state index contributed by atoms with van der Waals surface area (Å²) in [5.74, 6) is -0.217. The monoisotopic (exact) mass is 700 g/mol. The third-order valence-electron chi connectivity index (χ3n) is 9.32. The first-order chi connectivity index (χ1) is 24.8. The molecule has 2 saturated heterocycles. The number of methoxy groups -OCH3 is 2. The fraction of sp³-hybridized carbons (Fsp3) is 0.410. The Hall–Kier alpha value is -4.75. The highest BCUT2D eigenvalue weighted by Gasteiger charge is 2.45. The predicted octanol–water partition coefficient (Wildman–Crippen LogP) is 3.85. The van der Waals surface area contributed by atoms with Gasteiger partial charge in [0.1, 0.15) is 29.4 Å². The first-order valence-corrected chi connectivity index (χ1v) is 17.4. The topological polar surface area (TPSA) is 162 Å². The van der Waals surface area contributed by atoms with Crippen molar-refractivity contribution in [2.45, 2.75) is 56.1 Å². The molecule has 1 unspecified atom stereocenters. The average molecular weight is 701 g/mol. The lowest BCUT2D eigenvalue weighted by atomic mass is 9.80. The number of unbranched alkanes of at least 4 members (excludes halogenated alkanes) is 3. The summed E-state index contributed by atoms with van der Waals surface area (Å²) in [6.45, 7) is 1.13. The van der Waals surface area contributed by atoms with Gasteiger partial charge >= 0.3 is 6.03 Å². The molecule has 0 saturated carbocycles. The molecule has 3 aromatic rings. The van der Waals surface area contributed by atoms with Crippen molar-refractivity contribution < 1.29 is 38.4 Å². The molecule has 0 aromatic heterocycles. The van der Waals surface area contributed by atoms with Crippen LogP contribution < -0.4 is 25.8 Å². The molecule has 12 heteroatoms. The van der Waals surface area contributed by atoms with Gasteiger partial charge in [-0.2, -0.15) is 0 Å². The van der Waals surface area contributed by atoms with E-state index in [1.54, 1.807) is 14.2 Å². The summed E-state index contributed by atoms with van der Waals surface area (Å²) < 4.78 is 24.1. The van der Waals surface area contributed by atoms with Crippen LogP contribution in [-0.4, -0.2) is 86.7 Å². The number of aliphatic hydroxyl groups excluding tert-OH is 1. The predicted molar refractivity (Wildman–Crippen MR) is 191 cm³/mol. The zero-order chi connectivity index (χ0) is 36.2. The molecule has 2 heterocycles. The molecule has 2 aliphatic rings. The van der Waals surface area contributed by atoms with Gasteiger partial charge in [0.25, 0.3) is 0 Å². The second-order valence-corrected chi connectivity index (χ2v) is 12.7. The van der Waals surface area contributed by atoms with E-state index in [0.29, 0.717) is 24.6 Å². The van der Waals surface area contributed by atoms with Crippen LogP contribution >= 0.6 is 0 Å². The number of amides is 4. The molecule has 0 radical (unpaired) electrons. The van der Waals surface area contributed by atoms with Crippen LogP contribution in [0.15, 0.2) is 91.0 Å². The minimum atomic E-state index is -1.13. The van der Waals surface area contributed by atoms with Crippen LogP contribution in [0.4, 0.5) is 4.79 Å². The molecule has 0 aliphatic carbocycles. The maximum Gasteiger partial charge on any atom is 0.326 e. The lowest BCUT2D eigenvalue weighted by Crippen LogP contribution is -2.57. The number of carbonyl (C=O) groups excluding carboxylic acids is 3. The Kier molecular flexibility index (Phi) is 13.2. The SMILES string of the molecule is COc1ccc(C(OC[C@H]2O[C@@H](N3CC(/C=C/C(=O)NCCCCCCN)C(=O)NC3=O)C[C@@H]2O)(c2ccccc2)c2ccc(OC)cc2)cc1. The van der Waals surface area contributed by atoms with Crippen molar-refractivity contribution in [1.29, 1.82) is 0 Å².